The third-order valence-corrected chi connectivity index (χ3v) is 6.12. The summed E-state index contributed by atoms with van der Waals surface area (Å²) in [6.45, 7) is 0. The van der Waals surface area contributed by atoms with Gasteiger partial charge in [-0.05, 0) is 90.5 Å². The number of ether oxygens (including phenoxy) is 1. The number of nitrogens with one attached hydrogen (secondary N) is 2. The number of ketones is 3. The number of pyridine rings is 1. The lowest BCUT2D eigenvalue weighted by atomic mass is 9.93. The van der Waals surface area contributed by atoms with Crippen molar-refractivity contribution in [3.8, 4) is 12.3 Å². The number of aromatic amines is 1. The quantitative estimate of drug-likeness (QED) is 0.0760. The van der Waals surface area contributed by atoms with Crippen molar-refractivity contribution in [2.75, 3.05) is 7.11 Å². The van der Waals surface area contributed by atoms with E-state index in [4.69, 9.17) is 17.3 Å². The minimum atomic E-state index is -3.22. The number of Topliss-reactive ketones (excluding diaryl/α,β-unsaturated/α-hetero) is 2. The van der Waals surface area contributed by atoms with Gasteiger partial charge in [0, 0.05) is 59.5 Å². The zero-order valence-corrected chi connectivity index (χ0v) is 27.2. The smallest absolute Gasteiger partial charge is 0.383 e. The van der Waals surface area contributed by atoms with Crippen LogP contribution >= 0.6 is 50.5 Å². The van der Waals surface area contributed by atoms with Crippen molar-refractivity contribution in [2.24, 2.45) is 5.73 Å². The summed E-state index contributed by atoms with van der Waals surface area (Å²) in [6.07, 6.45) is 17.1. The topological polar surface area (TPSA) is 165 Å². The van der Waals surface area contributed by atoms with Gasteiger partial charge in [0.1, 0.15) is 5.50 Å². The minimum Gasteiger partial charge on any atom is -0.459 e. The van der Waals surface area contributed by atoms with E-state index in [0.29, 0.717) is 24.8 Å². The summed E-state index contributed by atoms with van der Waals surface area (Å²) in [7, 11) is 1.24. The number of terminal acetylenes is 1. The maximum Gasteiger partial charge on any atom is 0.383 e. The lowest BCUT2D eigenvalue weighted by Gasteiger charge is -2.24. The molecule has 0 spiro atoms. The van der Waals surface area contributed by atoms with E-state index in [2.05, 4.69) is 55.2 Å². The van der Waals surface area contributed by atoms with Gasteiger partial charge in [0.2, 0.25) is 5.56 Å². The Kier molecular flexibility index (Phi) is 17.3. The second-order valence-corrected chi connectivity index (χ2v) is 16.2. The van der Waals surface area contributed by atoms with Crippen molar-refractivity contribution in [2.45, 2.75) is 63.3 Å². The Labute approximate surface area is 269 Å². The van der Waals surface area contributed by atoms with Crippen LogP contribution in [0.1, 0.15) is 67.4 Å². The number of rotatable bonds is 0. The van der Waals surface area contributed by atoms with Crippen molar-refractivity contribution in [1.82, 2.24) is 10.3 Å². The monoisotopic (exact) mass is 693 g/mol. The number of H-pyrrole nitrogens is 1. The lowest BCUT2D eigenvalue weighted by Crippen LogP contribution is -2.29. The number of carbonyl (C=O) groups is 4. The number of esters is 1. The van der Waals surface area contributed by atoms with E-state index in [9.17, 15) is 28.5 Å². The average molecular weight is 695 g/mol. The van der Waals surface area contributed by atoms with Crippen LogP contribution in [0.4, 0.5) is 0 Å². The van der Waals surface area contributed by atoms with Gasteiger partial charge in [-0.3, -0.25) is 23.7 Å². The number of allylic oxidation sites excluding steroid dienone is 5. The number of hydrogen-bond acceptors (Lipinski definition) is 9. The molecule has 0 aromatic carbocycles. The summed E-state index contributed by atoms with van der Waals surface area (Å²) in [6, 6.07) is 3.03. The normalized spacial score (nSPS) is 18.4. The van der Waals surface area contributed by atoms with Crippen molar-refractivity contribution in [1.29, 1.82) is 0 Å². The largest absolute Gasteiger partial charge is 0.459 e. The predicted molar refractivity (Wildman–Crippen MR) is 169 cm³/mol. The van der Waals surface area contributed by atoms with Gasteiger partial charge in [-0.15, -0.1) is 6.42 Å². The first kappa shape index (κ1) is 38.2. The van der Waals surface area contributed by atoms with Crippen molar-refractivity contribution in [3.05, 3.63) is 68.9 Å². The Morgan fingerprint density at radius 1 is 1.00 bits per heavy atom. The highest BCUT2D eigenvalue weighted by Crippen LogP contribution is 2.61. The molecule has 10 nitrogen and oxygen atoms in total. The minimum absolute atomic E-state index is 0.122. The van der Waals surface area contributed by atoms with Crippen LogP contribution in [-0.4, -0.2) is 40.9 Å². The summed E-state index contributed by atoms with van der Waals surface area (Å²) in [5.74, 6) is 1.68. The van der Waals surface area contributed by atoms with Gasteiger partial charge in [0.25, 0.3) is 0 Å². The summed E-state index contributed by atoms with van der Waals surface area (Å²) in [5, 5.41) is -0.136. The molecule has 1 aromatic rings. The first-order chi connectivity index (χ1) is 20.1. The summed E-state index contributed by atoms with van der Waals surface area (Å²) < 4.78 is 13.5. The number of aryl methyl sites for hydroxylation is 1. The highest BCUT2D eigenvalue weighted by molar-refractivity contribution is 8.24. The highest BCUT2D eigenvalue weighted by Gasteiger charge is 2.22. The highest BCUT2D eigenvalue weighted by atomic mass is 36.0. The van der Waals surface area contributed by atoms with E-state index in [1.54, 1.807) is 12.0 Å². The molecule has 1 aromatic heterocycles. The number of dihydropyridines is 1. The molecule has 1 unspecified atom stereocenters. The third kappa shape index (κ3) is 16.6. The Hall–Kier alpha value is -2.80. The standard InChI is InChI=1S/C9H10ClNO.C9H9NO2.C6H9NO.C4H4O2.Cl3OP/c10-9-5-4-6-7(11-9)2-1-3-8(6)12;11-8-3-1-2-7-6(8)4-5-9(12)10-7;7-5-2-1-3-6(8)4-5;1-3-4(5)6-2;1-5(2,3)4/h4-5,9,11H,1-3H2;4-5H,1-3H2,(H,10,12);4H,1-3,7H2;1H,2H3;. The fraction of sp³-hybridized carbons (Fsp3) is 0.393. The molecule has 0 bridgehead atoms. The Balaban J connectivity index is 0.000000281. The number of aromatic nitrogens is 1. The van der Waals surface area contributed by atoms with E-state index < -0.39 is 11.2 Å². The van der Waals surface area contributed by atoms with Gasteiger partial charge in [-0.2, -0.15) is 0 Å². The fourth-order valence-corrected chi connectivity index (χ4v) is 4.22. The zero-order chi connectivity index (χ0) is 32.6. The first-order valence-corrected chi connectivity index (χ1v) is 17.8. The molecule has 0 saturated carbocycles. The molecule has 234 valence electrons. The maximum atomic E-state index is 11.3. The molecule has 0 amide bonds. The SMILES string of the molecule is C#CC(=O)OC.NC1=CC(=O)CCC1.O=C1CCCC2=C1C=CC(Cl)N2.O=C1CCCc2[nH]c(=O)ccc21.O=P(Cl)(Cl)Cl. The molecule has 3 aliphatic carbocycles. The molecular formula is C28H32Cl4N3O7P. The molecule has 0 saturated heterocycles. The maximum absolute atomic E-state index is 11.3. The van der Waals surface area contributed by atoms with Gasteiger partial charge in [0.15, 0.2) is 17.3 Å². The number of methoxy groups -OCH3 is 1. The van der Waals surface area contributed by atoms with E-state index in [0.717, 1.165) is 61.2 Å². The molecule has 43 heavy (non-hydrogen) atoms. The van der Waals surface area contributed by atoms with E-state index in [1.807, 2.05) is 12.2 Å². The van der Waals surface area contributed by atoms with Crippen molar-refractivity contribution in [3.63, 3.8) is 0 Å². The van der Waals surface area contributed by atoms with E-state index in [-0.39, 0.29) is 28.4 Å². The van der Waals surface area contributed by atoms with Crippen molar-refractivity contribution >= 4 is 73.8 Å². The second kappa shape index (κ2) is 19.5. The first-order valence-electron chi connectivity index (χ1n) is 13.0. The molecule has 1 atom stereocenters. The number of fused-ring (bicyclic) bond motifs is 1. The van der Waals surface area contributed by atoms with Gasteiger partial charge < -0.3 is 20.8 Å². The van der Waals surface area contributed by atoms with Crippen LogP contribution in [0.15, 0.2) is 52.1 Å². The summed E-state index contributed by atoms with van der Waals surface area (Å²) >= 11 is 19.7. The number of alkyl halides is 1. The van der Waals surface area contributed by atoms with Gasteiger partial charge >= 0.3 is 11.2 Å². The molecule has 5 rings (SSSR count). The second-order valence-electron chi connectivity index (χ2n) is 9.14. The number of hydrogen-bond donors (Lipinski definition) is 3. The molecule has 2 heterocycles. The number of nitrogens with two attached hydrogens (primary N) is 1. The zero-order valence-electron chi connectivity index (χ0n) is 23.3. The molecule has 4 aliphatic rings. The molecule has 15 heteroatoms. The number of halogens is 4. The molecule has 0 fully saturated rings. The van der Waals surface area contributed by atoms with E-state index in [1.165, 1.54) is 19.3 Å². The summed E-state index contributed by atoms with van der Waals surface area (Å²) in [4.78, 5) is 56.4. The van der Waals surface area contributed by atoms with Crippen LogP contribution in [0.2, 0.25) is 0 Å². The Morgan fingerprint density at radius 2 is 1.60 bits per heavy atom. The van der Waals surface area contributed by atoms with Crippen LogP contribution in [0, 0.1) is 12.3 Å². The number of carbonyl (C=O) groups excluding carboxylic acids is 4. The Morgan fingerprint density at radius 3 is 2.14 bits per heavy atom. The van der Waals surface area contributed by atoms with Gasteiger partial charge in [0.05, 0.1) is 7.11 Å². The third-order valence-electron chi connectivity index (χ3n) is 5.87. The average Bonchev–Trinajstić information content (AvgIpc) is 2.93. The van der Waals surface area contributed by atoms with Crippen LogP contribution in [0.25, 0.3) is 0 Å². The molecule has 0 radical (unpaired) electrons. The molecular weight excluding hydrogens is 663 g/mol. The lowest BCUT2D eigenvalue weighted by molar-refractivity contribution is -0.133. The van der Waals surface area contributed by atoms with Gasteiger partial charge in [-0.25, -0.2) is 4.79 Å². The van der Waals surface area contributed by atoms with Crippen LogP contribution in [0.3, 0.4) is 0 Å². The fourth-order valence-electron chi connectivity index (χ4n) is 4.01. The Bertz CT molecular complexity index is 1420. The van der Waals surface area contributed by atoms with Crippen molar-refractivity contribution < 1.29 is 28.5 Å². The van der Waals surface area contributed by atoms with Crippen LogP contribution in [0.5, 0.6) is 0 Å². The molecule has 4 N–H and O–H groups in total. The summed E-state index contributed by atoms with van der Waals surface area (Å²) in [5.41, 5.74) is 9.19. The van der Waals surface area contributed by atoms with Gasteiger partial charge in [-0.1, -0.05) is 17.7 Å². The van der Waals surface area contributed by atoms with Crippen LogP contribution < -0.4 is 16.6 Å². The van der Waals surface area contributed by atoms with Crippen LogP contribution in [-0.2, 0) is 30.1 Å². The molecule has 1 aliphatic heterocycles. The van der Waals surface area contributed by atoms with E-state index >= 15 is 0 Å². The predicted octanol–water partition coefficient (Wildman–Crippen LogP) is 5.80.